The summed E-state index contributed by atoms with van der Waals surface area (Å²) < 4.78 is 4.69. The van der Waals surface area contributed by atoms with Crippen LogP contribution in [0, 0.1) is 0 Å². The Balaban J connectivity index is 1.03. The number of pyridine rings is 1. The third kappa shape index (κ3) is 5.66. The first-order valence-electron chi connectivity index (χ1n) is 21.6. The second-order valence-corrected chi connectivity index (χ2v) is 16.2. The lowest BCUT2D eigenvalue weighted by Gasteiger charge is -2.12. The molecule has 9 aromatic carbocycles. The summed E-state index contributed by atoms with van der Waals surface area (Å²) in [7, 11) is 0. The summed E-state index contributed by atoms with van der Waals surface area (Å²) >= 11 is 0. The van der Waals surface area contributed by atoms with Crippen LogP contribution in [0.1, 0.15) is 0 Å². The quantitative estimate of drug-likeness (QED) is 0.157. The SMILES string of the molecule is c1ccc(-c2nc(-c3ccc(-n4c5ccccc5c5ccccc54)cc3)nc(-c3ccc4c5c6c(-c7ccccc7)nc7ccccc7c6ccc5n(-c5ccccc5)c4c3)n2)cc1. The van der Waals surface area contributed by atoms with Crippen molar-refractivity contribution in [3.8, 4) is 56.8 Å². The first-order valence-corrected chi connectivity index (χ1v) is 21.6. The van der Waals surface area contributed by atoms with E-state index in [-0.39, 0.29) is 0 Å². The van der Waals surface area contributed by atoms with E-state index < -0.39 is 0 Å². The van der Waals surface area contributed by atoms with Gasteiger partial charge in [0.2, 0.25) is 0 Å². The second-order valence-electron chi connectivity index (χ2n) is 16.2. The summed E-state index contributed by atoms with van der Waals surface area (Å²) in [6, 6.07) is 76.7. The van der Waals surface area contributed by atoms with E-state index in [0.29, 0.717) is 17.5 Å². The summed E-state index contributed by atoms with van der Waals surface area (Å²) in [5, 5.41) is 8.18. The minimum absolute atomic E-state index is 0.601. The van der Waals surface area contributed by atoms with Gasteiger partial charge in [-0.05, 0) is 72.1 Å². The van der Waals surface area contributed by atoms with Gasteiger partial charge < -0.3 is 9.13 Å². The van der Waals surface area contributed by atoms with Crippen molar-refractivity contribution in [2.24, 2.45) is 0 Å². The number of para-hydroxylation sites is 4. The van der Waals surface area contributed by atoms with Crippen molar-refractivity contribution >= 4 is 65.3 Å². The standard InChI is InChI=1S/C58H36N6/c1-4-16-37(17-5-1)55-54-46(43-22-10-13-25-48(43)59-55)34-35-51-53(54)47-33-30-40(36-52(47)64(51)41-20-8-3-9-21-41)58-61-56(38-18-6-2-7-19-38)60-57(62-58)39-28-31-42(32-29-39)63-49-26-14-11-23-44(49)45-24-12-15-27-50(45)63/h1-36H. The first-order chi connectivity index (χ1) is 31.7. The van der Waals surface area contributed by atoms with Gasteiger partial charge >= 0.3 is 0 Å². The van der Waals surface area contributed by atoms with Crippen molar-refractivity contribution in [3.05, 3.63) is 218 Å². The number of hydrogen-bond donors (Lipinski definition) is 0. The van der Waals surface area contributed by atoms with Crippen molar-refractivity contribution in [2.75, 3.05) is 0 Å². The van der Waals surface area contributed by atoms with Crippen molar-refractivity contribution < 1.29 is 0 Å². The van der Waals surface area contributed by atoms with Gasteiger partial charge in [0.1, 0.15) is 0 Å². The molecule has 6 nitrogen and oxygen atoms in total. The van der Waals surface area contributed by atoms with Crippen LogP contribution in [-0.2, 0) is 0 Å². The normalized spacial score (nSPS) is 11.8. The molecule has 0 saturated heterocycles. The zero-order valence-corrected chi connectivity index (χ0v) is 34.5. The van der Waals surface area contributed by atoms with Gasteiger partial charge in [-0.3, -0.25) is 0 Å². The Bertz CT molecular complexity index is 3880. The maximum absolute atomic E-state index is 5.36. The van der Waals surface area contributed by atoms with Crippen molar-refractivity contribution in [2.45, 2.75) is 0 Å². The molecule has 0 aliphatic heterocycles. The molecule has 0 bridgehead atoms. The fourth-order valence-electron chi connectivity index (χ4n) is 9.66. The predicted octanol–water partition coefficient (Wildman–Crippen LogP) is 14.4. The van der Waals surface area contributed by atoms with Crippen LogP contribution in [0.15, 0.2) is 218 Å². The van der Waals surface area contributed by atoms with Crippen LogP contribution < -0.4 is 0 Å². The number of nitrogens with zero attached hydrogens (tertiary/aromatic N) is 6. The highest BCUT2D eigenvalue weighted by Gasteiger charge is 2.22. The van der Waals surface area contributed by atoms with Gasteiger partial charge in [-0.25, -0.2) is 19.9 Å². The number of rotatable bonds is 6. The maximum atomic E-state index is 5.36. The predicted molar refractivity (Wildman–Crippen MR) is 263 cm³/mol. The lowest BCUT2D eigenvalue weighted by Crippen LogP contribution is -2.01. The van der Waals surface area contributed by atoms with Gasteiger partial charge in [0, 0.05) is 65.9 Å². The molecule has 0 amide bonds. The van der Waals surface area contributed by atoms with Crippen molar-refractivity contribution in [3.63, 3.8) is 0 Å². The van der Waals surface area contributed by atoms with E-state index in [1.54, 1.807) is 0 Å². The molecule has 13 aromatic rings. The highest BCUT2D eigenvalue weighted by atomic mass is 15.0. The lowest BCUT2D eigenvalue weighted by atomic mass is 9.96. The smallest absolute Gasteiger partial charge is 0.164 e. The molecule has 6 heteroatoms. The van der Waals surface area contributed by atoms with Crippen LogP contribution in [0.3, 0.4) is 0 Å². The van der Waals surface area contributed by atoms with Gasteiger partial charge in [-0.2, -0.15) is 0 Å². The van der Waals surface area contributed by atoms with Crippen LogP contribution in [-0.4, -0.2) is 29.1 Å². The Morgan fingerprint density at radius 2 is 0.750 bits per heavy atom. The monoisotopic (exact) mass is 816 g/mol. The van der Waals surface area contributed by atoms with Gasteiger partial charge in [0.05, 0.1) is 33.3 Å². The van der Waals surface area contributed by atoms with E-state index in [2.05, 4.69) is 209 Å². The van der Waals surface area contributed by atoms with E-state index in [9.17, 15) is 0 Å². The lowest BCUT2D eigenvalue weighted by molar-refractivity contribution is 1.07. The summed E-state index contributed by atoms with van der Waals surface area (Å²) in [4.78, 5) is 20.9. The molecule has 0 aliphatic rings. The Hall–Kier alpha value is -8.74. The molecular weight excluding hydrogens is 781 g/mol. The van der Waals surface area contributed by atoms with Gasteiger partial charge in [-0.15, -0.1) is 0 Å². The molecule has 0 aliphatic carbocycles. The maximum Gasteiger partial charge on any atom is 0.164 e. The van der Waals surface area contributed by atoms with Gasteiger partial charge in [-0.1, -0.05) is 152 Å². The molecular formula is C58H36N6. The first kappa shape index (κ1) is 36.0. The molecule has 0 spiro atoms. The van der Waals surface area contributed by atoms with Crippen LogP contribution in [0.4, 0.5) is 0 Å². The fourth-order valence-corrected chi connectivity index (χ4v) is 9.66. The largest absolute Gasteiger partial charge is 0.309 e. The molecule has 298 valence electrons. The molecule has 0 unspecified atom stereocenters. The van der Waals surface area contributed by atoms with E-state index >= 15 is 0 Å². The number of aromatic nitrogens is 6. The highest BCUT2D eigenvalue weighted by molar-refractivity contribution is 6.28. The zero-order chi connectivity index (χ0) is 42.1. The zero-order valence-electron chi connectivity index (χ0n) is 34.5. The van der Waals surface area contributed by atoms with Gasteiger partial charge in [0.15, 0.2) is 17.5 Å². The number of benzene rings is 9. The topological polar surface area (TPSA) is 61.4 Å². The molecule has 0 radical (unpaired) electrons. The summed E-state index contributed by atoms with van der Waals surface area (Å²) in [5.41, 5.74) is 12.4. The minimum Gasteiger partial charge on any atom is -0.309 e. The Labute approximate surface area is 368 Å². The average Bonchev–Trinajstić information content (AvgIpc) is 3.89. The van der Waals surface area contributed by atoms with E-state index in [1.807, 2.05) is 18.2 Å². The molecule has 4 aromatic heterocycles. The van der Waals surface area contributed by atoms with E-state index in [1.165, 1.54) is 27.2 Å². The Morgan fingerprint density at radius 1 is 0.266 bits per heavy atom. The molecule has 0 fully saturated rings. The molecule has 13 rings (SSSR count). The highest BCUT2D eigenvalue weighted by Crippen LogP contribution is 2.43. The molecule has 0 saturated carbocycles. The molecule has 0 N–H and O–H groups in total. The summed E-state index contributed by atoms with van der Waals surface area (Å²) in [6.07, 6.45) is 0. The summed E-state index contributed by atoms with van der Waals surface area (Å²) in [6.45, 7) is 0. The third-order valence-electron chi connectivity index (χ3n) is 12.5. The van der Waals surface area contributed by atoms with E-state index in [4.69, 9.17) is 19.9 Å². The fraction of sp³-hybridized carbons (Fsp3) is 0. The molecule has 0 atom stereocenters. The van der Waals surface area contributed by atoms with Crippen LogP contribution in [0.5, 0.6) is 0 Å². The molecule has 64 heavy (non-hydrogen) atoms. The molecule has 4 heterocycles. The van der Waals surface area contributed by atoms with Gasteiger partial charge in [0.25, 0.3) is 0 Å². The van der Waals surface area contributed by atoms with Crippen molar-refractivity contribution in [1.82, 2.24) is 29.1 Å². The van der Waals surface area contributed by atoms with E-state index in [0.717, 1.165) is 77.4 Å². The summed E-state index contributed by atoms with van der Waals surface area (Å²) in [5.74, 6) is 1.83. The second kappa shape index (κ2) is 14.4. The van der Waals surface area contributed by atoms with Crippen LogP contribution in [0.25, 0.3) is 122 Å². The van der Waals surface area contributed by atoms with Crippen molar-refractivity contribution in [1.29, 1.82) is 0 Å². The minimum atomic E-state index is 0.601. The number of fused-ring (bicyclic) bond motifs is 10. The Morgan fingerprint density at radius 3 is 1.42 bits per heavy atom. The van der Waals surface area contributed by atoms with Crippen LogP contribution in [0.2, 0.25) is 0 Å². The third-order valence-corrected chi connectivity index (χ3v) is 12.5. The van der Waals surface area contributed by atoms with Crippen LogP contribution >= 0.6 is 0 Å². The number of hydrogen-bond acceptors (Lipinski definition) is 4. The Kier molecular flexibility index (Phi) is 8.11. The average molecular weight is 817 g/mol.